The van der Waals surface area contributed by atoms with Gasteiger partial charge in [0.1, 0.15) is 11.6 Å². The summed E-state index contributed by atoms with van der Waals surface area (Å²) in [5.74, 6) is -0.582. The first-order valence-electron chi connectivity index (χ1n) is 5.94. The lowest BCUT2D eigenvalue weighted by Crippen LogP contribution is -2.13. The van der Waals surface area contributed by atoms with Crippen molar-refractivity contribution in [2.45, 2.75) is 26.2 Å². The van der Waals surface area contributed by atoms with E-state index in [2.05, 4.69) is 0 Å². The van der Waals surface area contributed by atoms with Crippen molar-refractivity contribution in [2.24, 2.45) is 0 Å². The SMILES string of the molecule is CC(C)(C)c1cccc(F)c1-c1ccc(F)cc1. The van der Waals surface area contributed by atoms with E-state index >= 15 is 0 Å². The summed E-state index contributed by atoms with van der Waals surface area (Å²) in [6, 6.07) is 11.0. The highest BCUT2D eigenvalue weighted by molar-refractivity contribution is 5.69. The highest BCUT2D eigenvalue weighted by Crippen LogP contribution is 2.34. The summed E-state index contributed by atoms with van der Waals surface area (Å²) in [6.45, 7) is 6.11. The zero-order valence-corrected chi connectivity index (χ0v) is 10.8. The van der Waals surface area contributed by atoms with Crippen LogP contribution in [0.15, 0.2) is 42.5 Å². The van der Waals surface area contributed by atoms with Crippen LogP contribution in [0.4, 0.5) is 8.78 Å². The zero-order valence-electron chi connectivity index (χ0n) is 10.8. The molecule has 0 radical (unpaired) electrons. The van der Waals surface area contributed by atoms with Gasteiger partial charge in [-0.15, -0.1) is 0 Å². The Kier molecular flexibility index (Phi) is 3.20. The Hall–Kier alpha value is -1.70. The van der Waals surface area contributed by atoms with Gasteiger partial charge in [-0.25, -0.2) is 8.78 Å². The highest BCUT2D eigenvalue weighted by Gasteiger charge is 2.21. The standard InChI is InChI=1S/C16H16F2/c1-16(2,3)13-5-4-6-14(18)15(13)11-7-9-12(17)10-8-11/h4-10H,1-3H3. The van der Waals surface area contributed by atoms with Gasteiger partial charge in [0.25, 0.3) is 0 Å². The predicted molar refractivity (Wildman–Crippen MR) is 70.5 cm³/mol. The molecule has 18 heavy (non-hydrogen) atoms. The van der Waals surface area contributed by atoms with Crippen molar-refractivity contribution in [1.29, 1.82) is 0 Å². The number of hydrogen-bond acceptors (Lipinski definition) is 0. The van der Waals surface area contributed by atoms with E-state index in [0.717, 1.165) is 5.56 Å². The number of rotatable bonds is 1. The van der Waals surface area contributed by atoms with Crippen molar-refractivity contribution in [1.82, 2.24) is 0 Å². The van der Waals surface area contributed by atoms with Gasteiger partial charge in [-0.05, 0) is 34.7 Å². The molecule has 2 rings (SSSR count). The van der Waals surface area contributed by atoms with Crippen LogP contribution in [0.2, 0.25) is 0 Å². The molecule has 0 nitrogen and oxygen atoms in total. The van der Waals surface area contributed by atoms with Crippen LogP contribution in [-0.2, 0) is 5.41 Å². The molecule has 0 atom stereocenters. The molecular weight excluding hydrogens is 230 g/mol. The lowest BCUT2D eigenvalue weighted by molar-refractivity contribution is 0.576. The molecule has 0 fully saturated rings. The maximum absolute atomic E-state index is 14.1. The maximum Gasteiger partial charge on any atom is 0.131 e. The zero-order chi connectivity index (χ0) is 13.3. The average molecular weight is 246 g/mol. The fourth-order valence-corrected chi connectivity index (χ4v) is 2.06. The summed E-state index contributed by atoms with van der Waals surface area (Å²) in [6.07, 6.45) is 0. The van der Waals surface area contributed by atoms with Crippen LogP contribution in [-0.4, -0.2) is 0 Å². The van der Waals surface area contributed by atoms with E-state index in [1.165, 1.54) is 18.2 Å². The predicted octanol–water partition coefficient (Wildman–Crippen LogP) is 4.93. The smallest absolute Gasteiger partial charge is 0.131 e. The molecule has 0 unspecified atom stereocenters. The van der Waals surface area contributed by atoms with Gasteiger partial charge in [-0.2, -0.15) is 0 Å². The number of benzene rings is 2. The van der Waals surface area contributed by atoms with Crippen LogP contribution in [0.25, 0.3) is 11.1 Å². The highest BCUT2D eigenvalue weighted by atomic mass is 19.1. The molecule has 0 bridgehead atoms. The molecule has 0 aromatic heterocycles. The monoisotopic (exact) mass is 246 g/mol. The van der Waals surface area contributed by atoms with E-state index in [1.807, 2.05) is 26.8 Å². The molecule has 2 aromatic carbocycles. The average Bonchev–Trinajstić information content (AvgIpc) is 2.29. The molecule has 0 saturated heterocycles. The molecule has 94 valence electrons. The fraction of sp³-hybridized carbons (Fsp3) is 0.250. The quantitative estimate of drug-likeness (QED) is 0.669. The van der Waals surface area contributed by atoms with Gasteiger partial charge in [0.2, 0.25) is 0 Å². The summed E-state index contributed by atoms with van der Waals surface area (Å²) in [7, 11) is 0. The lowest BCUT2D eigenvalue weighted by atomic mass is 9.81. The maximum atomic E-state index is 14.1. The van der Waals surface area contributed by atoms with Crippen molar-refractivity contribution < 1.29 is 8.78 Å². The second kappa shape index (κ2) is 4.52. The van der Waals surface area contributed by atoms with E-state index in [-0.39, 0.29) is 17.0 Å². The topological polar surface area (TPSA) is 0 Å². The van der Waals surface area contributed by atoms with Gasteiger partial charge >= 0.3 is 0 Å². The number of hydrogen-bond donors (Lipinski definition) is 0. The third-order valence-electron chi connectivity index (χ3n) is 2.95. The Bertz CT molecular complexity index is 548. The van der Waals surface area contributed by atoms with E-state index in [0.29, 0.717) is 11.1 Å². The van der Waals surface area contributed by atoms with Gasteiger partial charge < -0.3 is 0 Å². The van der Waals surface area contributed by atoms with Gasteiger partial charge in [0.15, 0.2) is 0 Å². The first-order chi connectivity index (χ1) is 8.39. The van der Waals surface area contributed by atoms with Gasteiger partial charge in [0.05, 0.1) is 0 Å². The van der Waals surface area contributed by atoms with Crippen LogP contribution in [0, 0.1) is 11.6 Å². The van der Waals surface area contributed by atoms with Gasteiger partial charge in [-0.1, -0.05) is 45.0 Å². The molecule has 0 amide bonds. The van der Waals surface area contributed by atoms with Crippen LogP contribution < -0.4 is 0 Å². The van der Waals surface area contributed by atoms with E-state index in [1.54, 1.807) is 18.2 Å². The second-order valence-corrected chi connectivity index (χ2v) is 5.42. The normalized spacial score (nSPS) is 11.6. The van der Waals surface area contributed by atoms with E-state index in [9.17, 15) is 8.78 Å². The van der Waals surface area contributed by atoms with E-state index in [4.69, 9.17) is 0 Å². The summed E-state index contributed by atoms with van der Waals surface area (Å²) >= 11 is 0. The van der Waals surface area contributed by atoms with Crippen LogP contribution in [0.5, 0.6) is 0 Å². The minimum Gasteiger partial charge on any atom is -0.207 e. The summed E-state index contributed by atoms with van der Waals surface area (Å²) < 4.78 is 27.0. The van der Waals surface area contributed by atoms with Crippen LogP contribution >= 0.6 is 0 Å². The molecule has 2 aromatic rings. The Morgan fingerprint density at radius 1 is 0.833 bits per heavy atom. The Balaban J connectivity index is 2.66. The van der Waals surface area contributed by atoms with Crippen LogP contribution in [0.1, 0.15) is 26.3 Å². The molecule has 0 spiro atoms. The summed E-state index contributed by atoms with van der Waals surface area (Å²) in [5, 5.41) is 0. The minimum atomic E-state index is -0.313. The molecule has 0 heterocycles. The molecule has 2 heteroatoms. The first-order valence-corrected chi connectivity index (χ1v) is 5.94. The Labute approximate surface area is 106 Å². The van der Waals surface area contributed by atoms with Gasteiger partial charge in [0, 0.05) is 5.56 Å². The lowest BCUT2D eigenvalue weighted by Gasteiger charge is -2.23. The molecule has 0 aliphatic rings. The minimum absolute atomic E-state index is 0.161. The Morgan fingerprint density at radius 3 is 2.00 bits per heavy atom. The van der Waals surface area contributed by atoms with Crippen LogP contribution in [0.3, 0.4) is 0 Å². The third-order valence-corrected chi connectivity index (χ3v) is 2.95. The second-order valence-electron chi connectivity index (χ2n) is 5.42. The first kappa shape index (κ1) is 12.7. The van der Waals surface area contributed by atoms with Crippen molar-refractivity contribution in [2.75, 3.05) is 0 Å². The third kappa shape index (κ3) is 2.42. The molecule has 0 aliphatic carbocycles. The number of halogens is 2. The molecule has 0 saturated carbocycles. The molecule has 0 N–H and O–H groups in total. The summed E-state index contributed by atoms with van der Waals surface area (Å²) in [5.41, 5.74) is 2.03. The van der Waals surface area contributed by atoms with Crippen molar-refractivity contribution in [3.8, 4) is 11.1 Å². The van der Waals surface area contributed by atoms with Crippen molar-refractivity contribution >= 4 is 0 Å². The largest absolute Gasteiger partial charge is 0.207 e. The Morgan fingerprint density at radius 2 is 1.44 bits per heavy atom. The fourth-order valence-electron chi connectivity index (χ4n) is 2.06. The molecular formula is C16H16F2. The van der Waals surface area contributed by atoms with E-state index < -0.39 is 0 Å². The van der Waals surface area contributed by atoms with Crippen molar-refractivity contribution in [3.63, 3.8) is 0 Å². The summed E-state index contributed by atoms with van der Waals surface area (Å²) in [4.78, 5) is 0. The molecule has 0 aliphatic heterocycles. The van der Waals surface area contributed by atoms with Gasteiger partial charge in [-0.3, -0.25) is 0 Å². The van der Waals surface area contributed by atoms with Crippen molar-refractivity contribution in [3.05, 3.63) is 59.7 Å².